The average molecular weight is 225 g/mol. The Balaban J connectivity index is 2.09. The van der Waals surface area contributed by atoms with E-state index in [4.69, 9.17) is 0 Å². The summed E-state index contributed by atoms with van der Waals surface area (Å²) in [4.78, 5) is 2.53. The van der Waals surface area contributed by atoms with Crippen LogP contribution in [0.4, 0.5) is 0 Å². The lowest BCUT2D eigenvalue weighted by Crippen LogP contribution is -2.18. The Morgan fingerprint density at radius 3 is 3.00 bits per heavy atom. The molecule has 0 saturated heterocycles. The van der Waals surface area contributed by atoms with Crippen molar-refractivity contribution in [2.24, 2.45) is 7.05 Å². The van der Waals surface area contributed by atoms with Crippen molar-refractivity contribution in [3.8, 4) is 0 Å². The van der Waals surface area contributed by atoms with Crippen LogP contribution in [0.1, 0.15) is 16.7 Å². The van der Waals surface area contributed by atoms with Crippen LogP contribution in [0.25, 0.3) is 0 Å². The molecule has 2 aromatic rings. The molecular weight excluding hydrogens is 214 g/mol. The minimum Gasteiger partial charge on any atom is -0.312 e. The van der Waals surface area contributed by atoms with Crippen molar-refractivity contribution >= 4 is 11.5 Å². The number of rotatable bonds is 4. The Labute approximate surface area is 90.7 Å². The van der Waals surface area contributed by atoms with Gasteiger partial charge in [0.2, 0.25) is 0 Å². The van der Waals surface area contributed by atoms with Gasteiger partial charge >= 0.3 is 0 Å². The van der Waals surface area contributed by atoms with Crippen LogP contribution in [-0.4, -0.2) is 36.8 Å². The van der Waals surface area contributed by atoms with E-state index in [9.17, 15) is 0 Å². The van der Waals surface area contributed by atoms with Gasteiger partial charge in [-0.2, -0.15) is 4.80 Å². The first kappa shape index (κ1) is 10.1. The molecule has 0 aliphatic heterocycles. The zero-order valence-corrected chi connectivity index (χ0v) is 9.27. The number of nitrogens with one attached hydrogen (secondary N) is 1. The summed E-state index contributed by atoms with van der Waals surface area (Å²) < 4.78 is 3.83. The van der Waals surface area contributed by atoms with E-state index in [0.29, 0.717) is 12.2 Å². The molecule has 0 bridgehead atoms. The van der Waals surface area contributed by atoms with Gasteiger partial charge in [0.25, 0.3) is 0 Å². The van der Waals surface area contributed by atoms with Gasteiger partial charge in [0, 0.05) is 6.42 Å². The predicted octanol–water partition coefficient (Wildman–Crippen LogP) is -0.435. The van der Waals surface area contributed by atoms with E-state index in [2.05, 4.69) is 30.3 Å². The normalized spacial score (nSPS) is 12.9. The standard InChI is InChI=1S/C7H11N7S/c1-8-5(6-4-9-13-15-6)3-7-10-12-14(2)11-7/h4-5,8H,3H2,1-2H3. The number of nitrogens with zero attached hydrogens (tertiary/aromatic N) is 6. The molecule has 8 heteroatoms. The van der Waals surface area contributed by atoms with E-state index in [1.165, 1.54) is 16.3 Å². The molecule has 2 aromatic heterocycles. The largest absolute Gasteiger partial charge is 0.312 e. The molecule has 0 aliphatic rings. The summed E-state index contributed by atoms with van der Waals surface area (Å²) in [6.45, 7) is 0. The molecule has 0 aromatic carbocycles. The Bertz CT molecular complexity index is 409. The van der Waals surface area contributed by atoms with Crippen LogP contribution >= 0.6 is 11.5 Å². The summed E-state index contributed by atoms with van der Waals surface area (Å²) in [6.07, 6.45) is 2.44. The van der Waals surface area contributed by atoms with Crippen LogP contribution in [0.3, 0.4) is 0 Å². The second-order valence-corrected chi connectivity index (χ2v) is 3.88. The Morgan fingerprint density at radius 2 is 2.47 bits per heavy atom. The van der Waals surface area contributed by atoms with Crippen molar-refractivity contribution in [3.05, 3.63) is 16.9 Å². The third kappa shape index (κ3) is 2.34. The van der Waals surface area contributed by atoms with Crippen molar-refractivity contribution < 1.29 is 0 Å². The van der Waals surface area contributed by atoms with Crippen LogP contribution in [0.15, 0.2) is 6.20 Å². The SMILES string of the molecule is CNC(Cc1nnn(C)n1)c1cnns1. The molecule has 80 valence electrons. The molecule has 15 heavy (non-hydrogen) atoms. The van der Waals surface area contributed by atoms with Crippen molar-refractivity contribution in [2.45, 2.75) is 12.5 Å². The minimum absolute atomic E-state index is 0.147. The second-order valence-electron chi connectivity index (χ2n) is 3.06. The maximum absolute atomic E-state index is 4.13. The zero-order chi connectivity index (χ0) is 10.7. The molecule has 2 heterocycles. The molecule has 7 nitrogen and oxygen atoms in total. The van der Waals surface area contributed by atoms with Crippen LogP contribution in [0.2, 0.25) is 0 Å². The van der Waals surface area contributed by atoms with Crippen LogP contribution < -0.4 is 5.32 Å². The highest BCUT2D eigenvalue weighted by molar-refractivity contribution is 7.05. The van der Waals surface area contributed by atoms with E-state index in [-0.39, 0.29) is 6.04 Å². The average Bonchev–Trinajstić information content (AvgIpc) is 2.85. The van der Waals surface area contributed by atoms with Gasteiger partial charge in [0.15, 0.2) is 5.82 Å². The third-order valence-electron chi connectivity index (χ3n) is 2.01. The first-order valence-electron chi connectivity index (χ1n) is 4.47. The highest BCUT2D eigenvalue weighted by atomic mass is 32.1. The molecule has 1 unspecified atom stereocenters. The summed E-state index contributed by atoms with van der Waals surface area (Å²) in [5.41, 5.74) is 0. The van der Waals surface area contributed by atoms with Crippen LogP contribution in [0, 0.1) is 0 Å². The lowest BCUT2D eigenvalue weighted by atomic mass is 10.2. The second kappa shape index (κ2) is 4.41. The minimum atomic E-state index is 0.147. The number of likely N-dealkylation sites (N-methyl/N-ethyl adjacent to an activating group) is 1. The summed E-state index contributed by atoms with van der Waals surface area (Å²) in [6, 6.07) is 0.147. The summed E-state index contributed by atoms with van der Waals surface area (Å²) in [5, 5.41) is 18.8. The highest BCUT2D eigenvalue weighted by Gasteiger charge is 2.15. The van der Waals surface area contributed by atoms with Gasteiger partial charge in [0.1, 0.15) is 0 Å². The molecule has 1 N–H and O–H groups in total. The molecule has 0 saturated carbocycles. The van der Waals surface area contributed by atoms with E-state index in [1.54, 1.807) is 13.2 Å². The van der Waals surface area contributed by atoms with E-state index >= 15 is 0 Å². The van der Waals surface area contributed by atoms with Gasteiger partial charge in [-0.05, 0) is 23.8 Å². The third-order valence-corrected chi connectivity index (χ3v) is 2.78. The maximum Gasteiger partial charge on any atom is 0.176 e. The van der Waals surface area contributed by atoms with Gasteiger partial charge in [-0.25, -0.2) is 0 Å². The Kier molecular flexibility index (Phi) is 2.97. The van der Waals surface area contributed by atoms with E-state index in [1.807, 2.05) is 7.05 Å². The number of aromatic nitrogens is 6. The summed E-state index contributed by atoms with van der Waals surface area (Å²) in [5.74, 6) is 0.713. The molecule has 0 amide bonds. The fraction of sp³-hybridized carbons (Fsp3) is 0.571. The molecule has 2 rings (SSSR count). The van der Waals surface area contributed by atoms with Gasteiger partial charge in [-0.3, -0.25) is 0 Å². The lowest BCUT2D eigenvalue weighted by Gasteiger charge is -2.09. The molecule has 1 atom stereocenters. The number of hydrogen-bond acceptors (Lipinski definition) is 7. The fourth-order valence-electron chi connectivity index (χ4n) is 1.26. The number of hydrogen-bond donors (Lipinski definition) is 1. The molecule has 0 fully saturated rings. The quantitative estimate of drug-likeness (QED) is 0.760. The fourth-order valence-corrected chi connectivity index (χ4v) is 1.87. The highest BCUT2D eigenvalue weighted by Crippen LogP contribution is 2.17. The maximum atomic E-state index is 4.13. The zero-order valence-electron chi connectivity index (χ0n) is 8.45. The predicted molar refractivity (Wildman–Crippen MR) is 54.2 cm³/mol. The topological polar surface area (TPSA) is 81.4 Å². The van der Waals surface area contributed by atoms with E-state index in [0.717, 1.165) is 4.88 Å². The Hall–Kier alpha value is -1.41. The van der Waals surface area contributed by atoms with Gasteiger partial charge in [-0.1, -0.05) is 4.49 Å². The van der Waals surface area contributed by atoms with E-state index < -0.39 is 0 Å². The lowest BCUT2D eigenvalue weighted by molar-refractivity contribution is 0.577. The monoisotopic (exact) mass is 225 g/mol. The molecular formula is C7H11N7S. The Morgan fingerprint density at radius 1 is 1.60 bits per heavy atom. The van der Waals surface area contributed by atoms with Gasteiger partial charge in [0.05, 0.1) is 24.2 Å². The number of tetrazole rings is 1. The molecule has 0 radical (unpaired) electrons. The first-order chi connectivity index (χ1) is 7.29. The molecule has 0 aliphatic carbocycles. The van der Waals surface area contributed by atoms with Crippen LogP contribution in [-0.2, 0) is 13.5 Å². The summed E-state index contributed by atoms with van der Waals surface area (Å²) in [7, 11) is 3.64. The first-order valence-corrected chi connectivity index (χ1v) is 5.24. The van der Waals surface area contributed by atoms with Crippen molar-refractivity contribution in [1.29, 1.82) is 0 Å². The smallest absolute Gasteiger partial charge is 0.176 e. The summed E-state index contributed by atoms with van der Waals surface area (Å²) >= 11 is 1.38. The number of aryl methyl sites for hydroxylation is 1. The van der Waals surface area contributed by atoms with Crippen molar-refractivity contribution in [3.63, 3.8) is 0 Å². The van der Waals surface area contributed by atoms with Crippen LogP contribution in [0.5, 0.6) is 0 Å². The van der Waals surface area contributed by atoms with Gasteiger partial charge < -0.3 is 5.32 Å². The molecule has 0 spiro atoms. The van der Waals surface area contributed by atoms with Crippen molar-refractivity contribution in [2.75, 3.05) is 7.05 Å². The van der Waals surface area contributed by atoms with Gasteiger partial charge in [-0.15, -0.1) is 15.3 Å². The van der Waals surface area contributed by atoms with Crippen molar-refractivity contribution in [1.82, 2.24) is 35.1 Å².